The molecule has 0 saturated heterocycles. The maximum atomic E-state index is 11.5. The molecule has 5 heteroatoms. The molecule has 1 unspecified atom stereocenters. The van der Waals surface area contributed by atoms with E-state index < -0.39 is 0 Å². The van der Waals surface area contributed by atoms with Gasteiger partial charge in [0.1, 0.15) is 5.82 Å². The Morgan fingerprint density at radius 3 is 2.95 bits per heavy atom. The third-order valence-corrected chi connectivity index (χ3v) is 3.17. The number of carbonyl (C=O) groups excluding carboxylic acids is 1. The molecule has 2 rings (SSSR count). The predicted molar refractivity (Wildman–Crippen MR) is 75.6 cm³/mol. The van der Waals surface area contributed by atoms with Crippen molar-refractivity contribution >= 4 is 16.9 Å². The number of nitrogens with one attached hydrogen (secondary N) is 1. The van der Waals surface area contributed by atoms with Crippen molar-refractivity contribution in [3.8, 4) is 0 Å². The summed E-state index contributed by atoms with van der Waals surface area (Å²) in [6, 6.07) is 5.94. The molecule has 0 fully saturated rings. The Hall–Kier alpha value is -1.88. The van der Waals surface area contributed by atoms with Crippen LogP contribution in [0.1, 0.15) is 24.7 Å². The summed E-state index contributed by atoms with van der Waals surface area (Å²) < 4.78 is 2.05. The van der Waals surface area contributed by atoms with Crippen LogP contribution in [0.3, 0.4) is 0 Å². The highest BCUT2D eigenvalue weighted by Crippen LogP contribution is 2.16. The van der Waals surface area contributed by atoms with Crippen LogP contribution < -0.4 is 11.1 Å². The number of aromatic nitrogens is 2. The summed E-state index contributed by atoms with van der Waals surface area (Å²) in [6.07, 6.45) is 0.352. The lowest BCUT2D eigenvalue weighted by Gasteiger charge is -2.07. The van der Waals surface area contributed by atoms with Crippen molar-refractivity contribution in [2.75, 3.05) is 0 Å². The maximum Gasteiger partial charge on any atom is 0.221 e. The number of nitrogens with zero attached hydrogens (tertiary/aromatic N) is 2. The van der Waals surface area contributed by atoms with Gasteiger partial charge in [-0.1, -0.05) is 6.07 Å². The standard InChI is InChI=1S/C14H20N4O/c1-9(15)6-14(19)16-8-11-4-5-13-12(7-11)17-10(2)18(13)3/h4-5,7,9H,6,8,15H2,1-3H3,(H,16,19). The Bertz CT molecular complexity index is 601. The molecule has 1 aromatic carbocycles. The molecule has 0 bridgehead atoms. The van der Waals surface area contributed by atoms with E-state index in [-0.39, 0.29) is 11.9 Å². The first kappa shape index (κ1) is 13.5. The zero-order valence-electron chi connectivity index (χ0n) is 11.6. The molecule has 19 heavy (non-hydrogen) atoms. The van der Waals surface area contributed by atoms with Crippen molar-refractivity contribution in [2.24, 2.45) is 12.8 Å². The minimum atomic E-state index is -0.110. The van der Waals surface area contributed by atoms with E-state index in [4.69, 9.17) is 5.73 Å². The molecule has 1 aromatic heterocycles. The molecular formula is C14H20N4O. The van der Waals surface area contributed by atoms with Gasteiger partial charge in [0.25, 0.3) is 0 Å². The fourth-order valence-corrected chi connectivity index (χ4v) is 2.04. The molecule has 1 atom stereocenters. The van der Waals surface area contributed by atoms with Gasteiger partial charge in [-0.3, -0.25) is 4.79 Å². The van der Waals surface area contributed by atoms with E-state index in [1.165, 1.54) is 0 Å². The summed E-state index contributed by atoms with van der Waals surface area (Å²) in [5.41, 5.74) is 8.69. The van der Waals surface area contributed by atoms with E-state index in [2.05, 4.69) is 10.3 Å². The van der Waals surface area contributed by atoms with Crippen LogP contribution in [0.5, 0.6) is 0 Å². The Balaban J connectivity index is 2.08. The highest BCUT2D eigenvalue weighted by molar-refractivity contribution is 5.78. The molecule has 1 heterocycles. The van der Waals surface area contributed by atoms with Gasteiger partial charge in [0, 0.05) is 26.1 Å². The number of benzene rings is 1. The van der Waals surface area contributed by atoms with Gasteiger partial charge in [0.15, 0.2) is 0 Å². The summed E-state index contributed by atoms with van der Waals surface area (Å²) in [5.74, 6) is 0.959. The lowest BCUT2D eigenvalue weighted by molar-refractivity contribution is -0.121. The third-order valence-electron chi connectivity index (χ3n) is 3.17. The average molecular weight is 260 g/mol. The Morgan fingerprint density at radius 2 is 2.26 bits per heavy atom. The number of aryl methyl sites for hydroxylation is 2. The third kappa shape index (κ3) is 3.12. The topological polar surface area (TPSA) is 72.9 Å². The first-order chi connectivity index (χ1) is 8.97. The minimum absolute atomic E-state index is 0.0210. The Labute approximate surface area is 112 Å². The number of imidazole rings is 1. The molecule has 102 valence electrons. The molecule has 5 nitrogen and oxygen atoms in total. The van der Waals surface area contributed by atoms with Gasteiger partial charge >= 0.3 is 0 Å². The molecule has 0 spiro atoms. The number of hydrogen-bond donors (Lipinski definition) is 2. The van der Waals surface area contributed by atoms with E-state index >= 15 is 0 Å². The summed E-state index contributed by atoms with van der Waals surface area (Å²) in [4.78, 5) is 16.0. The number of fused-ring (bicyclic) bond motifs is 1. The summed E-state index contributed by atoms with van der Waals surface area (Å²) >= 11 is 0. The van der Waals surface area contributed by atoms with Crippen molar-refractivity contribution < 1.29 is 4.79 Å². The second-order valence-corrected chi connectivity index (χ2v) is 5.00. The number of hydrogen-bond acceptors (Lipinski definition) is 3. The van der Waals surface area contributed by atoms with Gasteiger partial charge in [-0.2, -0.15) is 0 Å². The van der Waals surface area contributed by atoms with Crippen molar-refractivity contribution in [1.82, 2.24) is 14.9 Å². The van der Waals surface area contributed by atoms with Crippen LogP contribution >= 0.6 is 0 Å². The van der Waals surface area contributed by atoms with Crippen LogP contribution in [-0.2, 0) is 18.4 Å². The van der Waals surface area contributed by atoms with Gasteiger partial charge < -0.3 is 15.6 Å². The smallest absolute Gasteiger partial charge is 0.221 e. The molecule has 3 N–H and O–H groups in total. The molecule has 0 aliphatic heterocycles. The van der Waals surface area contributed by atoms with Crippen molar-refractivity contribution in [1.29, 1.82) is 0 Å². The Kier molecular flexibility index (Phi) is 3.85. The second kappa shape index (κ2) is 5.40. The fourth-order valence-electron chi connectivity index (χ4n) is 2.04. The minimum Gasteiger partial charge on any atom is -0.352 e. The molecule has 0 aliphatic carbocycles. The highest BCUT2D eigenvalue weighted by Gasteiger charge is 2.07. The van der Waals surface area contributed by atoms with E-state index in [1.54, 1.807) is 0 Å². The fraction of sp³-hybridized carbons (Fsp3) is 0.429. The molecule has 1 amide bonds. The van der Waals surface area contributed by atoms with E-state index in [9.17, 15) is 4.79 Å². The Morgan fingerprint density at radius 1 is 1.53 bits per heavy atom. The lowest BCUT2D eigenvalue weighted by Crippen LogP contribution is -2.29. The van der Waals surface area contributed by atoms with Crippen molar-refractivity contribution in [3.63, 3.8) is 0 Å². The first-order valence-corrected chi connectivity index (χ1v) is 6.41. The van der Waals surface area contributed by atoms with Crippen LogP contribution in [0.25, 0.3) is 11.0 Å². The van der Waals surface area contributed by atoms with Crippen LogP contribution in [0.2, 0.25) is 0 Å². The summed E-state index contributed by atoms with van der Waals surface area (Å²) in [7, 11) is 1.99. The van der Waals surface area contributed by atoms with Crippen LogP contribution in [0, 0.1) is 6.92 Å². The molecule has 2 aromatic rings. The van der Waals surface area contributed by atoms with Gasteiger partial charge in [-0.15, -0.1) is 0 Å². The monoisotopic (exact) mass is 260 g/mol. The summed E-state index contributed by atoms with van der Waals surface area (Å²) in [5, 5.41) is 2.86. The van der Waals surface area contributed by atoms with E-state index in [1.807, 2.05) is 43.7 Å². The number of carbonyl (C=O) groups is 1. The summed E-state index contributed by atoms with van der Waals surface area (Å²) in [6.45, 7) is 4.31. The first-order valence-electron chi connectivity index (χ1n) is 6.41. The van der Waals surface area contributed by atoms with Gasteiger partial charge in [0.2, 0.25) is 5.91 Å². The second-order valence-electron chi connectivity index (χ2n) is 5.00. The molecule has 0 aliphatic rings. The number of amides is 1. The molecule has 0 radical (unpaired) electrons. The maximum absolute atomic E-state index is 11.5. The SMILES string of the molecule is Cc1nc2cc(CNC(=O)CC(C)N)ccc2n1C. The van der Waals surface area contributed by atoms with E-state index in [0.717, 1.165) is 22.4 Å². The van der Waals surface area contributed by atoms with Gasteiger partial charge in [-0.05, 0) is 31.5 Å². The van der Waals surface area contributed by atoms with Crippen LogP contribution in [0.4, 0.5) is 0 Å². The highest BCUT2D eigenvalue weighted by atomic mass is 16.1. The lowest BCUT2D eigenvalue weighted by atomic mass is 10.2. The zero-order valence-corrected chi connectivity index (χ0v) is 11.6. The zero-order chi connectivity index (χ0) is 14.0. The van der Waals surface area contributed by atoms with Crippen LogP contribution in [0.15, 0.2) is 18.2 Å². The van der Waals surface area contributed by atoms with E-state index in [0.29, 0.717) is 13.0 Å². The normalized spacial score (nSPS) is 12.6. The van der Waals surface area contributed by atoms with Gasteiger partial charge in [0.05, 0.1) is 11.0 Å². The van der Waals surface area contributed by atoms with Crippen molar-refractivity contribution in [3.05, 3.63) is 29.6 Å². The average Bonchev–Trinajstić information content (AvgIpc) is 2.61. The number of nitrogens with two attached hydrogens (primary N) is 1. The predicted octanol–water partition coefficient (Wildman–Crippen LogP) is 1.24. The quantitative estimate of drug-likeness (QED) is 0.868. The molecule has 0 saturated carbocycles. The largest absolute Gasteiger partial charge is 0.352 e. The number of rotatable bonds is 4. The van der Waals surface area contributed by atoms with Crippen molar-refractivity contribution in [2.45, 2.75) is 32.9 Å². The van der Waals surface area contributed by atoms with Gasteiger partial charge in [-0.25, -0.2) is 4.98 Å². The van der Waals surface area contributed by atoms with Crippen LogP contribution in [-0.4, -0.2) is 21.5 Å². The molecular weight excluding hydrogens is 240 g/mol.